The second-order valence-electron chi connectivity index (χ2n) is 5.64. The minimum atomic E-state index is -0.455. The summed E-state index contributed by atoms with van der Waals surface area (Å²) in [5, 5.41) is 21.9. The summed E-state index contributed by atoms with van der Waals surface area (Å²) >= 11 is 0. The Bertz CT molecular complexity index is 494. The molecule has 0 heterocycles. The predicted octanol–water partition coefficient (Wildman–Crippen LogP) is 2.41. The fourth-order valence-electron chi connectivity index (χ4n) is 3.09. The van der Waals surface area contributed by atoms with Crippen LogP contribution in [0.2, 0.25) is 0 Å². The lowest BCUT2D eigenvalue weighted by molar-refractivity contribution is 0.112. The third-order valence-electron chi connectivity index (χ3n) is 4.08. The molecule has 2 rings (SSSR count). The van der Waals surface area contributed by atoms with Gasteiger partial charge < -0.3 is 9.84 Å². The molecular weight excluding hydrogens is 264 g/mol. The van der Waals surface area contributed by atoms with E-state index in [4.69, 9.17) is 9.84 Å². The number of nitrogens with one attached hydrogen (secondary N) is 1. The first-order valence-corrected chi connectivity index (χ1v) is 7.74. The number of aliphatic hydroxyl groups is 1. The number of ether oxygens (including phenoxy) is 1. The van der Waals surface area contributed by atoms with Gasteiger partial charge in [-0.3, -0.25) is 5.32 Å². The lowest BCUT2D eigenvalue weighted by atomic mass is 9.81. The van der Waals surface area contributed by atoms with Crippen LogP contribution >= 0.6 is 0 Å². The Morgan fingerprint density at radius 1 is 1.48 bits per heavy atom. The SMILES string of the molecule is CCNC1(C#N)CCCC(Oc2ccccc2CCO)C1. The summed E-state index contributed by atoms with van der Waals surface area (Å²) in [4.78, 5) is 0. The average Bonchev–Trinajstić information content (AvgIpc) is 2.50. The number of para-hydroxylation sites is 1. The number of benzene rings is 1. The van der Waals surface area contributed by atoms with Gasteiger partial charge in [0.2, 0.25) is 0 Å². The van der Waals surface area contributed by atoms with Gasteiger partial charge in [-0.25, -0.2) is 0 Å². The van der Waals surface area contributed by atoms with Crippen molar-refractivity contribution in [2.75, 3.05) is 13.2 Å². The Hall–Kier alpha value is -1.57. The van der Waals surface area contributed by atoms with Crippen LogP contribution in [0.4, 0.5) is 0 Å². The molecule has 0 aliphatic heterocycles. The molecule has 1 fully saturated rings. The maximum atomic E-state index is 9.49. The van der Waals surface area contributed by atoms with Crippen molar-refractivity contribution in [3.8, 4) is 11.8 Å². The molecule has 0 aromatic heterocycles. The lowest BCUT2D eigenvalue weighted by Crippen LogP contribution is -2.49. The molecule has 1 saturated carbocycles. The minimum absolute atomic E-state index is 0.0530. The summed E-state index contributed by atoms with van der Waals surface area (Å²) in [6.07, 6.45) is 4.22. The molecule has 1 aromatic carbocycles. The molecule has 4 heteroatoms. The fraction of sp³-hybridized carbons (Fsp3) is 0.588. The van der Waals surface area contributed by atoms with Crippen molar-refractivity contribution in [1.82, 2.24) is 5.32 Å². The van der Waals surface area contributed by atoms with Crippen LogP contribution in [0.1, 0.15) is 38.2 Å². The third-order valence-corrected chi connectivity index (χ3v) is 4.08. The first-order chi connectivity index (χ1) is 10.2. The van der Waals surface area contributed by atoms with E-state index in [2.05, 4.69) is 11.4 Å². The molecule has 0 amide bonds. The van der Waals surface area contributed by atoms with Crippen LogP contribution in [0, 0.1) is 11.3 Å². The van der Waals surface area contributed by atoms with E-state index in [0.29, 0.717) is 12.8 Å². The van der Waals surface area contributed by atoms with E-state index >= 15 is 0 Å². The number of hydrogen-bond acceptors (Lipinski definition) is 4. The number of nitriles is 1. The summed E-state index contributed by atoms with van der Waals surface area (Å²) in [5.74, 6) is 0.835. The number of nitrogens with zero attached hydrogens (tertiary/aromatic N) is 1. The van der Waals surface area contributed by atoms with E-state index in [-0.39, 0.29) is 12.7 Å². The molecule has 0 radical (unpaired) electrons. The van der Waals surface area contributed by atoms with E-state index < -0.39 is 5.54 Å². The highest BCUT2D eigenvalue weighted by Crippen LogP contribution is 2.31. The molecule has 0 spiro atoms. The molecule has 2 unspecified atom stereocenters. The molecular formula is C17H24N2O2. The predicted molar refractivity (Wildman–Crippen MR) is 82.1 cm³/mol. The second-order valence-corrected chi connectivity index (χ2v) is 5.64. The van der Waals surface area contributed by atoms with Crippen molar-refractivity contribution in [2.24, 2.45) is 0 Å². The quantitative estimate of drug-likeness (QED) is 0.843. The molecule has 2 N–H and O–H groups in total. The van der Waals surface area contributed by atoms with Gasteiger partial charge in [-0.05, 0) is 43.9 Å². The van der Waals surface area contributed by atoms with Crippen molar-refractivity contribution in [3.05, 3.63) is 29.8 Å². The summed E-state index contributed by atoms with van der Waals surface area (Å²) in [6, 6.07) is 10.3. The normalized spacial score (nSPS) is 25.3. The van der Waals surface area contributed by atoms with E-state index in [0.717, 1.165) is 37.1 Å². The molecule has 21 heavy (non-hydrogen) atoms. The highest BCUT2D eigenvalue weighted by molar-refractivity contribution is 5.33. The zero-order valence-electron chi connectivity index (χ0n) is 12.6. The van der Waals surface area contributed by atoms with Crippen molar-refractivity contribution >= 4 is 0 Å². The van der Waals surface area contributed by atoms with Gasteiger partial charge in [0.15, 0.2) is 0 Å². The third kappa shape index (κ3) is 3.96. The largest absolute Gasteiger partial charge is 0.490 e. The summed E-state index contributed by atoms with van der Waals surface area (Å²) in [7, 11) is 0. The molecule has 1 aromatic rings. The Balaban J connectivity index is 2.08. The zero-order chi connectivity index (χ0) is 15.1. The smallest absolute Gasteiger partial charge is 0.122 e. The van der Waals surface area contributed by atoms with Crippen molar-refractivity contribution < 1.29 is 9.84 Å². The van der Waals surface area contributed by atoms with E-state index in [1.807, 2.05) is 31.2 Å². The van der Waals surface area contributed by atoms with Gasteiger partial charge in [-0.15, -0.1) is 0 Å². The van der Waals surface area contributed by atoms with Gasteiger partial charge >= 0.3 is 0 Å². The Kier molecular flexibility index (Phi) is 5.60. The molecule has 1 aliphatic carbocycles. The summed E-state index contributed by atoms with van der Waals surface area (Å²) in [6.45, 7) is 2.94. The molecule has 4 nitrogen and oxygen atoms in total. The average molecular weight is 288 g/mol. The van der Waals surface area contributed by atoms with Gasteiger partial charge in [-0.1, -0.05) is 25.1 Å². The van der Waals surface area contributed by atoms with Crippen LogP contribution in [-0.4, -0.2) is 29.9 Å². The van der Waals surface area contributed by atoms with Crippen LogP contribution in [0.5, 0.6) is 5.75 Å². The van der Waals surface area contributed by atoms with Crippen molar-refractivity contribution in [2.45, 2.75) is 50.7 Å². The monoisotopic (exact) mass is 288 g/mol. The number of rotatable bonds is 6. The molecule has 0 saturated heterocycles. The van der Waals surface area contributed by atoms with Gasteiger partial charge in [0.05, 0.1) is 6.07 Å². The van der Waals surface area contributed by atoms with Crippen LogP contribution in [0.25, 0.3) is 0 Å². The minimum Gasteiger partial charge on any atom is -0.490 e. The van der Waals surface area contributed by atoms with Gasteiger partial charge in [-0.2, -0.15) is 5.26 Å². The van der Waals surface area contributed by atoms with E-state index in [9.17, 15) is 5.26 Å². The van der Waals surface area contributed by atoms with Crippen molar-refractivity contribution in [1.29, 1.82) is 5.26 Å². The number of hydrogen-bond donors (Lipinski definition) is 2. The van der Waals surface area contributed by atoms with Crippen LogP contribution in [0.15, 0.2) is 24.3 Å². The maximum absolute atomic E-state index is 9.49. The zero-order valence-corrected chi connectivity index (χ0v) is 12.6. The summed E-state index contributed by atoms with van der Waals surface area (Å²) < 4.78 is 6.14. The van der Waals surface area contributed by atoms with Crippen molar-refractivity contribution in [3.63, 3.8) is 0 Å². The fourth-order valence-corrected chi connectivity index (χ4v) is 3.09. The topological polar surface area (TPSA) is 65.3 Å². The van der Waals surface area contributed by atoms with Crippen LogP contribution in [-0.2, 0) is 6.42 Å². The second kappa shape index (κ2) is 7.44. The molecule has 1 aliphatic rings. The lowest BCUT2D eigenvalue weighted by Gasteiger charge is -2.36. The standard InChI is InChI=1S/C17H24N2O2/c1-2-19-17(13-18)10-5-7-15(12-17)21-16-8-4-3-6-14(16)9-11-20/h3-4,6,8,15,19-20H,2,5,7,9-12H2,1H3. The summed E-state index contributed by atoms with van der Waals surface area (Å²) in [5.41, 5.74) is 0.570. The molecule has 0 bridgehead atoms. The van der Waals surface area contributed by atoms with Crippen LogP contribution in [0.3, 0.4) is 0 Å². The Morgan fingerprint density at radius 2 is 2.29 bits per heavy atom. The molecule has 2 atom stereocenters. The highest BCUT2D eigenvalue weighted by Gasteiger charge is 2.37. The van der Waals surface area contributed by atoms with Gasteiger partial charge in [0.1, 0.15) is 17.4 Å². The van der Waals surface area contributed by atoms with Crippen LogP contribution < -0.4 is 10.1 Å². The first kappa shape index (κ1) is 15.8. The van der Waals surface area contributed by atoms with Gasteiger partial charge in [0, 0.05) is 13.0 Å². The Labute approximate surface area is 126 Å². The van der Waals surface area contributed by atoms with E-state index in [1.54, 1.807) is 0 Å². The van der Waals surface area contributed by atoms with E-state index in [1.165, 1.54) is 0 Å². The molecule has 114 valence electrons. The Morgan fingerprint density at radius 3 is 3.00 bits per heavy atom. The first-order valence-electron chi connectivity index (χ1n) is 7.74. The maximum Gasteiger partial charge on any atom is 0.122 e. The number of aliphatic hydroxyl groups excluding tert-OH is 1. The highest BCUT2D eigenvalue weighted by atomic mass is 16.5. The van der Waals surface area contributed by atoms with Gasteiger partial charge in [0.25, 0.3) is 0 Å².